The van der Waals surface area contributed by atoms with Crippen LogP contribution in [0.4, 0.5) is 0 Å². The number of nitriles is 1. The van der Waals surface area contributed by atoms with E-state index in [-0.39, 0.29) is 17.4 Å². The van der Waals surface area contributed by atoms with Crippen LogP contribution in [0.5, 0.6) is 0 Å². The van der Waals surface area contributed by atoms with Crippen molar-refractivity contribution >= 4 is 10.0 Å². The van der Waals surface area contributed by atoms with Gasteiger partial charge in [0, 0.05) is 42.9 Å². The lowest BCUT2D eigenvalue weighted by Crippen LogP contribution is -2.49. The van der Waals surface area contributed by atoms with Gasteiger partial charge in [-0.2, -0.15) is 5.26 Å². The van der Waals surface area contributed by atoms with Gasteiger partial charge < -0.3 is 4.57 Å². The summed E-state index contributed by atoms with van der Waals surface area (Å²) in [5.41, 5.74) is 3.17. The molecular formula is C19H19N3O3S. The second kappa shape index (κ2) is 6.08. The normalized spacial score (nSPS) is 22.5. The van der Waals surface area contributed by atoms with Crippen LogP contribution in [0.3, 0.4) is 0 Å². The second-order valence-electron chi connectivity index (χ2n) is 7.15. The van der Waals surface area contributed by atoms with Crippen LogP contribution >= 0.6 is 0 Å². The average molecular weight is 369 g/mol. The first-order chi connectivity index (χ1) is 12.4. The highest BCUT2D eigenvalue weighted by atomic mass is 32.2. The molecule has 2 aromatic rings. The Balaban J connectivity index is 1.88. The second-order valence-corrected chi connectivity index (χ2v) is 9.13. The van der Waals surface area contributed by atoms with E-state index in [0.29, 0.717) is 25.2 Å². The highest BCUT2D eigenvalue weighted by molar-refractivity contribution is 7.88. The number of rotatable bonds is 2. The van der Waals surface area contributed by atoms with Crippen molar-refractivity contribution in [2.24, 2.45) is 5.92 Å². The van der Waals surface area contributed by atoms with Gasteiger partial charge in [0.1, 0.15) is 0 Å². The van der Waals surface area contributed by atoms with Crippen molar-refractivity contribution in [2.45, 2.75) is 18.9 Å². The van der Waals surface area contributed by atoms with Gasteiger partial charge in [0.25, 0.3) is 5.56 Å². The molecule has 2 aliphatic heterocycles. The SMILES string of the molecule is CS(=O)(=O)N1C[C@@H]2C[C@H](C1)c1c(-c3cccc(C#N)c3)ccc(=O)n1C2. The van der Waals surface area contributed by atoms with Crippen LogP contribution in [-0.4, -0.2) is 36.6 Å². The van der Waals surface area contributed by atoms with Crippen molar-refractivity contribution in [1.29, 1.82) is 5.26 Å². The molecule has 0 unspecified atom stereocenters. The molecule has 0 radical (unpaired) electrons. The summed E-state index contributed by atoms with van der Waals surface area (Å²) in [5, 5.41) is 9.18. The van der Waals surface area contributed by atoms with Gasteiger partial charge >= 0.3 is 0 Å². The molecule has 1 fully saturated rings. The highest BCUT2D eigenvalue weighted by Gasteiger charge is 2.38. The third-order valence-electron chi connectivity index (χ3n) is 5.33. The maximum absolute atomic E-state index is 12.5. The Morgan fingerprint density at radius 1 is 1.15 bits per heavy atom. The maximum Gasteiger partial charge on any atom is 0.250 e. The van der Waals surface area contributed by atoms with Gasteiger partial charge in [0.05, 0.1) is 17.9 Å². The summed E-state index contributed by atoms with van der Waals surface area (Å²) in [4.78, 5) is 12.5. The molecule has 2 aliphatic rings. The summed E-state index contributed by atoms with van der Waals surface area (Å²) in [6.07, 6.45) is 2.11. The predicted octanol–water partition coefficient (Wildman–Crippen LogP) is 1.77. The summed E-state index contributed by atoms with van der Waals surface area (Å²) in [6.45, 7) is 1.39. The Bertz CT molecular complexity index is 1080. The number of fused-ring (bicyclic) bond motifs is 4. The molecule has 2 atom stereocenters. The molecule has 26 heavy (non-hydrogen) atoms. The third kappa shape index (κ3) is 2.85. The van der Waals surface area contributed by atoms with Crippen LogP contribution < -0.4 is 5.56 Å². The summed E-state index contributed by atoms with van der Waals surface area (Å²) >= 11 is 0. The monoisotopic (exact) mass is 369 g/mol. The first-order valence-corrected chi connectivity index (χ1v) is 10.4. The topological polar surface area (TPSA) is 83.2 Å². The van der Waals surface area contributed by atoms with Crippen molar-refractivity contribution in [3.05, 3.63) is 58.0 Å². The van der Waals surface area contributed by atoms with Crippen molar-refractivity contribution in [1.82, 2.24) is 8.87 Å². The zero-order valence-electron chi connectivity index (χ0n) is 14.4. The number of piperidine rings is 1. The maximum atomic E-state index is 12.5. The third-order valence-corrected chi connectivity index (χ3v) is 6.56. The standard InChI is InChI=1S/C19H19N3O3S/c1-26(24,25)21-10-14-8-16(12-21)19-17(5-6-18(23)22(19)11-14)15-4-2-3-13(7-15)9-20/h2-7,14,16H,8,10-12H2,1H3/t14-,16+/m0/s1. The highest BCUT2D eigenvalue weighted by Crippen LogP contribution is 2.40. The number of pyridine rings is 1. The minimum atomic E-state index is -3.27. The van der Waals surface area contributed by atoms with Gasteiger partial charge in [-0.15, -0.1) is 0 Å². The Hall–Kier alpha value is -2.43. The van der Waals surface area contributed by atoms with Crippen molar-refractivity contribution < 1.29 is 8.42 Å². The quantitative estimate of drug-likeness (QED) is 0.808. The van der Waals surface area contributed by atoms with E-state index in [9.17, 15) is 18.5 Å². The smallest absolute Gasteiger partial charge is 0.250 e. The largest absolute Gasteiger partial charge is 0.311 e. The summed E-state index contributed by atoms with van der Waals surface area (Å²) in [6, 6.07) is 12.8. The number of nitrogens with zero attached hydrogens (tertiary/aromatic N) is 3. The van der Waals surface area contributed by atoms with Crippen LogP contribution in [0.15, 0.2) is 41.2 Å². The van der Waals surface area contributed by atoms with E-state index in [0.717, 1.165) is 23.2 Å². The van der Waals surface area contributed by atoms with Crippen LogP contribution in [0.25, 0.3) is 11.1 Å². The first kappa shape index (κ1) is 17.0. The zero-order valence-corrected chi connectivity index (χ0v) is 15.2. The number of benzene rings is 1. The van der Waals surface area contributed by atoms with E-state index in [1.807, 2.05) is 18.2 Å². The fourth-order valence-corrected chi connectivity index (χ4v) is 5.17. The summed E-state index contributed by atoms with van der Waals surface area (Å²) < 4.78 is 27.4. The molecule has 1 aromatic heterocycles. The molecule has 0 aliphatic carbocycles. The van der Waals surface area contributed by atoms with Gasteiger partial charge in [0.15, 0.2) is 0 Å². The molecule has 2 bridgehead atoms. The van der Waals surface area contributed by atoms with Crippen LogP contribution in [-0.2, 0) is 16.6 Å². The lowest BCUT2D eigenvalue weighted by molar-refractivity contribution is 0.187. The first-order valence-electron chi connectivity index (χ1n) is 8.56. The Morgan fingerprint density at radius 2 is 1.96 bits per heavy atom. The van der Waals surface area contributed by atoms with Crippen molar-refractivity contribution in [2.75, 3.05) is 19.3 Å². The molecule has 0 spiro atoms. The summed E-state index contributed by atoms with van der Waals surface area (Å²) in [7, 11) is -3.27. The van der Waals surface area contributed by atoms with E-state index in [4.69, 9.17) is 0 Å². The number of hydrogen-bond acceptors (Lipinski definition) is 4. The van der Waals surface area contributed by atoms with E-state index >= 15 is 0 Å². The number of aromatic nitrogens is 1. The lowest BCUT2D eigenvalue weighted by Gasteiger charge is -2.42. The molecule has 0 amide bonds. The number of hydrogen-bond donors (Lipinski definition) is 0. The molecule has 3 heterocycles. The molecule has 6 nitrogen and oxygen atoms in total. The van der Waals surface area contributed by atoms with Gasteiger partial charge in [-0.05, 0) is 36.1 Å². The van der Waals surface area contributed by atoms with Crippen molar-refractivity contribution in [3.8, 4) is 17.2 Å². The molecule has 1 aromatic carbocycles. The van der Waals surface area contributed by atoms with Crippen LogP contribution in [0.2, 0.25) is 0 Å². The Morgan fingerprint density at radius 3 is 2.69 bits per heavy atom. The minimum absolute atomic E-state index is 0.0214. The summed E-state index contributed by atoms with van der Waals surface area (Å²) in [5.74, 6) is 0.126. The van der Waals surface area contributed by atoms with Gasteiger partial charge in [-0.3, -0.25) is 4.79 Å². The fourth-order valence-electron chi connectivity index (χ4n) is 4.24. The van der Waals surface area contributed by atoms with E-state index in [2.05, 4.69) is 6.07 Å². The van der Waals surface area contributed by atoms with E-state index < -0.39 is 10.0 Å². The number of sulfonamides is 1. The minimum Gasteiger partial charge on any atom is -0.311 e. The van der Waals surface area contributed by atoms with Crippen molar-refractivity contribution in [3.63, 3.8) is 0 Å². The van der Waals surface area contributed by atoms with Gasteiger partial charge in [0.2, 0.25) is 10.0 Å². The molecule has 0 saturated carbocycles. The molecule has 1 saturated heterocycles. The fraction of sp³-hybridized carbons (Fsp3) is 0.368. The van der Waals surface area contributed by atoms with Gasteiger partial charge in [-0.1, -0.05) is 12.1 Å². The predicted molar refractivity (Wildman–Crippen MR) is 98.1 cm³/mol. The lowest BCUT2D eigenvalue weighted by atomic mass is 9.81. The van der Waals surface area contributed by atoms with E-state index in [1.165, 1.54) is 10.6 Å². The molecule has 4 rings (SSSR count). The van der Waals surface area contributed by atoms with Crippen LogP contribution in [0, 0.1) is 17.2 Å². The molecular weight excluding hydrogens is 350 g/mol. The van der Waals surface area contributed by atoms with Crippen LogP contribution in [0.1, 0.15) is 23.6 Å². The zero-order chi connectivity index (χ0) is 18.5. The molecule has 134 valence electrons. The average Bonchev–Trinajstić information content (AvgIpc) is 2.61. The molecule has 0 N–H and O–H groups in total. The Kier molecular flexibility index (Phi) is 3.98. The van der Waals surface area contributed by atoms with Gasteiger partial charge in [-0.25, -0.2) is 12.7 Å². The Labute approximate surface area is 152 Å². The van der Waals surface area contributed by atoms with E-state index in [1.54, 1.807) is 22.8 Å². The molecule has 7 heteroatoms.